The fraction of sp³-hybridized carbons (Fsp3) is 0.111. The van der Waals surface area contributed by atoms with Crippen molar-refractivity contribution in [3.8, 4) is 0 Å². The van der Waals surface area contributed by atoms with Crippen LogP contribution in [0.1, 0.15) is 5.56 Å². The Balaban J connectivity index is 2.36. The van der Waals surface area contributed by atoms with Crippen LogP contribution in [0.15, 0.2) is 36.4 Å². The molecule has 0 amide bonds. The van der Waals surface area contributed by atoms with E-state index in [9.17, 15) is 0 Å². The van der Waals surface area contributed by atoms with Crippen molar-refractivity contribution in [3.63, 3.8) is 0 Å². The Hall–Kier alpha value is 0.01000. The lowest BCUT2D eigenvalue weighted by Gasteiger charge is -1.90. The van der Waals surface area contributed by atoms with Crippen LogP contribution >= 0.6 is 32.3 Å². The highest BCUT2D eigenvalue weighted by Crippen LogP contribution is 2.24. The highest BCUT2D eigenvalue weighted by atomic mass is 33.5. The molecule has 3 heteroatoms. The second-order valence-corrected chi connectivity index (χ2v) is 5.39. The van der Waals surface area contributed by atoms with Gasteiger partial charge in [-0.05, 0) is 15.4 Å². The summed E-state index contributed by atoms with van der Waals surface area (Å²) < 4.78 is 0. The van der Waals surface area contributed by atoms with Crippen LogP contribution in [0.25, 0.3) is 6.08 Å². The molecule has 0 saturated heterocycles. The molecular formula is C9H10S3. The van der Waals surface area contributed by atoms with Gasteiger partial charge in [-0.25, -0.2) is 0 Å². The molecule has 0 bridgehead atoms. The number of hydrogen-bond acceptors (Lipinski definition) is 3. The van der Waals surface area contributed by atoms with Crippen molar-refractivity contribution in [1.29, 1.82) is 0 Å². The van der Waals surface area contributed by atoms with E-state index in [0.29, 0.717) is 0 Å². The zero-order valence-electron chi connectivity index (χ0n) is 6.51. The van der Waals surface area contributed by atoms with Gasteiger partial charge >= 0.3 is 0 Å². The molecule has 0 N–H and O–H groups in total. The molecule has 0 radical (unpaired) electrons. The van der Waals surface area contributed by atoms with Gasteiger partial charge in [-0.1, -0.05) is 64.9 Å². The van der Waals surface area contributed by atoms with Crippen LogP contribution in [0.5, 0.6) is 0 Å². The fourth-order valence-electron chi connectivity index (χ4n) is 0.818. The fourth-order valence-corrected chi connectivity index (χ4v) is 2.02. The highest BCUT2D eigenvalue weighted by molar-refractivity contribution is 9.05. The van der Waals surface area contributed by atoms with Crippen LogP contribution in [0.4, 0.5) is 0 Å². The predicted molar refractivity (Wildman–Crippen MR) is 64.5 cm³/mol. The molecule has 1 aromatic carbocycles. The van der Waals surface area contributed by atoms with Gasteiger partial charge in [0, 0.05) is 5.75 Å². The van der Waals surface area contributed by atoms with Crippen LogP contribution in [0, 0.1) is 0 Å². The molecule has 0 atom stereocenters. The average molecular weight is 214 g/mol. The van der Waals surface area contributed by atoms with Crippen LogP contribution in [-0.4, -0.2) is 5.75 Å². The summed E-state index contributed by atoms with van der Waals surface area (Å²) in [7, 11) is 3.22. The maximum absolute atomic E-state index is 4.03. The van der Waals surface area contributed by atoms with Crippen LogP contribution in [0.3, 0.4) is 0 Å². The van der Waals surface area contributed by atoms with Gasteiger partial charge in [-0.15, -0.1) is 0 Å². The van der Waals surface area contributed by atoms with Crippen molar-refractivity contribution in [1.82, 2.24) is 0 Å². The molecule has 0 heterocycles. The van der Waals surface area contributed by atoms with E-state index in [4.69, 9.17) is 0 Å². The molecule has 1 aromatic rings. The molecule has 1 rings (SSSR count). The van der Waals surface area contributed by atoms with E-state index in [0.717, 1.165) is 5.75 Å². The number of hydrogen-bond donors (Lipinski definition) is 1. The topological polar surface area (TPSA) is 0 Å². The number of thiol groups is 1. The van der Waals surface area contributed by atoms with Gasteiger partial charge in [0.05, 0.1) is 0 Å². The minimum Gasteiger partial charge on any atom is -0.0997 e. The summed E-state index contributed by atoms with van der Waals surface area (Å²) in [5, 5.41) is 0. The van der Waals surface area contributed by atoms with Gasteiger partial charge in [-0.2, -0.15) is 0 Å². The van der Waals surface area contributed by atoms with Crippen LogP contribution in [-0.2, 0) is 0 Å². The minimum absolute atomic E-state index is 1.00. The molecule has 0 aromatic heterocycles. The third kappa shape index (κ3) is 4.14. The van der Waals surface area contributed by atoms with E-state index < -0.39 is 0 Å². The van der Waals surface area contributed by atoms with Gasteiger partial charge < -0.3 is 0 Å². The zero-order valence-corrected chi connectivity index (χ0v) is 9.04. The first-order valence-corrected chi connectivity index (χ1v) is 6.95. The monoisotopic (exact) mass is 214 g/mol. The lowest BCUT2D eigenvalue weighted by Crippen LogP contribution is -1.69. The van der Waals surface area contributed by atoms with Crippen molar-refractivity contribution in [2.45, 2.75) is 0 Å². The molecule has 0 saturated carbocycles. The maximum atomic E-state index is 4.03. The third-order valence-corrected chi connectivity index (χ3v) is 3.43. The Kier molecular flexibility index (Phi) is 5.48. The summed E-state index contributed by atoms with van der Waals surface area (Å²) in [5.41, 5.74) is 1.25. The summed E-state index contributed by atoms with van der Waals surface area (Å²) in [6.07, 6.45) is 4.26. The largest absolute Gasteiger partial charge is 0.0997 e. The van der Waals surface area contributed by atoms with Crippen LogP contribution < -0.4 is 0 Å². The van der Waals surface area contributed by atoms with Gasteiger partial charge in [0.1, 0.15) is 0 Å². The zero-order chi connectivity index (χ0) is 8.65. The van der Waals surface area contributed by atoms with Crippen molar-refractivity contribution in [2.24, 2.45) is 0 Å². The molecule has 0 unspecified atom stereocenters. The SMILES string of the molecule is SSSCC=Cc1ccccc1. The second kappa shape index (κ2) is 6.52. The Morgan fingerprint density at radius 3 is 2.67 bits per heavy atom. The summed E-state index contributed by atoms with van der Waals surface area (Å²) >= 11 is 4.03. The van der Waals surface area contributed by atoms with E-state index >= 15 is 0 Å². The van der Waals surface area contributed by atoms with E-state index in [1.54, 1.807) is 10.8 Å². The molecule has 64 valence electrons. The van der Waals surface area contributed by atoms with Gasteiger partial charge in [0.2, 0.25) is 0 Å². The van der Waals surface area contributed by atoms with E-state index in [1.807, 2.05) is 18.2 Å². The number of rotatable bonds is 4. The third-order valence-electron chi connectivity index (χ3n) is 1.33. The van der Waals surface area contributed by atoms with Gasteiger partial charge in [-0.3, -0.25) is 0 Å². The Morgan fingerprint density at radius 2 is 2.00 bits per heavy atom. The molecule has 0 fully saturated rings. The van der Waals surface area contributed by atoms with Gasteiger partial charge in [0.25, 0.3) is 0 Å². The standard InChI is InChI=1S/C9H10S3/c10-12-11-8-4-7-9-5-2-1-3-6-9/h1-7,10H,8H2. The van der Waals surface area contributed by atoms with E-state index in [-0.39, 0.29) is 0 Å². The lowest BCUT2D eigenvalue weighted by molar-refractivity contribution is 1.65. The Bertz CT molecular complexity index is 231. The molecular weight excluding hydrogens is 204 g/mol. The first-order chi connectivity index (χ1) is 5.93. The van der Waals surface area contributed by atoms with E-state index in [1.165, 1.54) is 15.4 Å². The van der Waals surface area contributed by atoms with Crippen molar-refractivity contribution in [2.75, 3.05) is 5.75 Å². The Labute approximate surface area is 86.0 Å². The smallest absolute Gasteiger partial charge is 0.0229 e. The van der Waals surface area contributed by atoms with Crippen molar-refractivity contribution < 1.29 is 0 Å². The maximum Gasteiger partial charge on any atom is 0.0229 e. The molecule has 0 aliphatic rings. The highest BCUT2D eigenvalue weighted by Gasteiger charge is 1.82. The summed E-state index contributed by atoms with van der Waals surface area (Å²) in [6, 6.07) is 10.3. The normalized spacial score (nSPS) is 10.8. The molecule has 0 nitrogen and oxygen atoms in total. The van der Waals surface area contributed by atoms with Crippen LogP contribution in [0.2, 0.25) is 0 Å². The van der Waals surface area contributed by atoms with E-state index in [2.05, 4.69) is 35.9 Å². The first-order valence-electron chi connectivity index (χ1n) is 3.58. The quantitative estimate of drug-likeness (QED) is 0.458. The Morgan fingerprint density at radius 1 is 1.25 bits per heavy atom. The second-order valence-electron chi connectivity index (χ2n) is 2.17. The predicted octanol–water partition coefficient (Wildman–Crippen LogP) is 3.93. The molecule has 0 spiro atoms. The molecule has 12 heavy (non-hydrogen) atoms. The van der Waals surface area contributed by atoms with Crippen molar-refractivity contribution >= 4 is 38.4 Å². The lowest BCUT2D eigenvalue weighted by atomic mass is 10.2. The van der Waals surface area contributed by atoms with Crippen molar-refractivity contribution in [3.05, 3.63) is 42.0 Å². The van der Waals surface area contributed by atoms with Gasteiger partial charge in [0.15, 0.2) is 0 Å². The summed E-state index contributed by atoms with van der Waals surface area (Å²) in [5.74, 6) is 1.00. The summed E-state index contributed by atoms with van der Waals surface area (Å²) in [6.45, 7) is 0. The average Bonchev–Trinajstić information content (AvgIpc) is 2.14. The number of benzene rings is 1. The molecule has 0 aliphatic carbocycles. The first kappa shape index (κ1) is 10.1. The summed E-state index contributed by atoms with van der Waals surface area (Å²) in [4.78, 5) is 0. The molecule has 0 aliphatic heterocycles. The minimum atomic E-state index is 1.00.